The Labute approximate surface area is 128 Å². The molecule has 4 rings (SSSR count). The summed E-state index contributed by atoms with van der Waals surface area (Å²) in [5, 5.41) is 11.1. The number of anilines is 1. The summed E-state index contributed by atoms with van der Waals surface area (Å²) in [4.78, 5) is 22.7. The van der Waals surface area contributed by atoms with E-state index in [1.165, 1.54) is 7.11 Å². The smallest absolute Gasteiger partial charge is 0.311 e. The molecule has 2 N–H and O–H groups in total. The van der Waals surface area contributed by atoms with Crippen molar-refractivity contribution in [3.63, 3.8) is 0 Å². The second-order valence-electron chi connectivity index (χ2n) is 6.58. The molecule has 3 aliphatic rings. The predicted octanol–water partition coefficient (Wildman–Crippen LogP) is 2.94. The molecular weight excluding hydrogens is 284 g/mol. The molecule has 22 heavy (non-hydrogen) atoms. The summed E-state index contributed by atoms with van der Waals surface area (Å²) >= 11 is 0. The first kappa shape index (κ1) is 14.8. The third-order valence-corrected chi connectivity index (χ3v) is 5.70. The van der Waals surface area contributed by atoms with Gasteiger partial charge in [0.15, 0.2) is 0 Å². The Bertz CT molecular complexity index is 617. The summed E-state index contributed by atoms with van der Waals surface area (Å²) in [7, 11) is 1.44. The molecule has 0 amide bonds. The summed E-state index contributed by atoms with van der Waals surface area (Å²) in [6.07, 6.45) is 4.96. The standard InChI is InChI=1S/C16H20N2O4/c1-22-14(19)16-7-4-15(5-8-16,6-9-16)11-2-3-12(17)13(10-11)18(20)21/h2-3,10H,4-9,17H2,1H3. The minimum atomic E-state index is -0.431. The van der Waals surface area contributed by atoms with Crippen LogP contribution in [-0.2, 0) is 14.9 Å². The molecule has 0 unspecified atom stereocenters. The number of benzene rings is 1. The maximum absolute atomic E-state index is 12.0. The van der Waals surface area contributed by atoms with Crippen LogP contribution in [0.25, 0.3) is 0 Å². The minimum Gasteiger partial charge on any atom is -0.469 e. The average molecular weight is 304 g/mol. The van der Waals surface area contributed by atoms with Crippen LogP contribution in [0.2, 0.25) is 0 Å². The molecule has 0 aliphatic heterocycles. The molecule has 6 heteroatoms. The number of hydrogen-bond acceptors (Lipinski definition) is 5. The van der Waals surface area contributed by atoms with E-state index in [0.29, 0.717) is 0 Å². The van der Waals surface area contributed by atoms with Gasteiger partial charge in [-0.25, -0.2) is 0 Å². The molecular formula is C16H20N2O4. The van der Waals surface area contributed by atoms with Crippen LogP contribution in [0.4, 0.5) is 11.4 Å². The lowest BCUT2D eigenvalue weighted by Gasteiger charge is -2.52. The highest BCUT2D eigenvalue weighted by Gasteiger charge is 2.53. The van der Waals surface area contributed by atoms with Crippen LogP contribution >= 0.6 is 0 Å². The topological polar surface area (TPSA) is 95.5 Å². The minimum absolute atomic E-state index is 0.0257. The molecule has 0 heterocycles. The van der Waals surface area contributed by atoms with Gasteiger partial charge < -0.3 is 10.5 Å². The third-order valence-electron chi connectivity index (χ3n) is 5.70. The number of ether oxygens (including phenoxy) is 1. The van der Waals surface area contributed by atoms with Crippen LogP contribution in [0.15, 0.2) is 18.2 Å². The fraction of sp³-hybridized carbons (Fsp3) is 0.562. The zero-order valence-electron chi connectivity index (χ0n) is 12.6. The highest BCUT2D eigenvalue weighted by atomic mass is 16.6. The monoisotopic (exact) mass is 304 g/mol. The Morgan fingerprint density at radius 2 is 1.82 bits per heavy atom. The van der Waals surface area contributed by atoms with Gasteiger partial charge in [0.05, 0.1) is 17.4 Å². The van der Waals surface area contributed by atoms with Crippen LogP contribution in [0.1, 0.15) is 44.1 Å². The first-order valence-electron chi connectivity index (χ1n) is 7.55. The molecule has 0 radical (unpaired) electrons. The van der Waals surface area contributed by atoms with Gasteiger partial charge in [0.25, 0.3) is 5.69 Å². The summed E-state index contributed by atoms with van der Waals surface area (Å²) in [6.45, 7) is 0. The number of hydrogen-bond donors (Lipinski definition) is 1. The number of rotatable bonds is 3. The van der Waals surface area contributed by atoms with Crippen LogP contribution in [0, 0.1) is 15.5 Å². The van der Waals surface area contributed by atoms with Gasteiger partial charge in [-0.3, -0.25) is 14.9 Å². The zero-order chi connectivity index (χ0) is 16.0. The summed E-state index contributed by atoms with van der Waals surface area (Å²) < 4.78 is 4.97. The van der Waals surface area contributed by atoms with Gasteiger partial charge in [-0.2, -0.15) is 0 Å². The molecule has 3 fully saturated rings. The number of carbonyl (C=O) groups excluding carboxylic acids is 1. The van der Waals surface area contributed by atoms with Gasteiger partial charge in [0.1, 0.15) is 5.69 Å². The maximum atomic E-state index is 12.0. The van der Waals surface area contributed by atoms with Gasteiger partial charge >= 0.3 is 5.97 Å². The Morgan fingerprint density at radius 3 is 2.32 bits per heavy atom. The molecule has 118 valence electrons. The SMILES string of the molecule is COC(=O)C12CCC(c3ccc(N)c([N+](=O)[O-])c3)(CC1)CC2. The van der Waals surface area contributed by atoms with E-state index in [-0.39, 0.29) is 28.2 Å². The van der Waals surface area contributed by atoms with E-state index in [2.05, 4.69) is 0 Å². The molecule has 3 aliphatic carbocycles. The number of carbonyl (C=O) groups is 1. The van der Waals surface area contributed by atoms with Crippen LogP contribution in [-0.4, -0.2) is 18.0 Å². The van der Waals surface area contributed by atoms with E-state index < -0.39 is 4.92 Å². The number of fused-ring (bicyclic) bond motifs is 3. The molecule has 0 aromatic heterocycles. The number of methoxy groups -OCH3 is 1. The largest absolute Gasteiger partial charge is 0.469 e. The van der Waals surface area contributed by atoms with Gasteiger partial charge in [-0.05, 0) is 55.6 Å². The number of nitrogens with zero attached hydrogens (tertiary/aromatic N) is 1. The van der Waals surface area contributed by atoms with Crippen molar-refractivity contribution in [1.82, 2.24) is 0 Å². The van der Waals surface area contributed by atoms with E-state index in [1.807, 2.05) is 6.07 Å². The fourth-order valence-corrected chi connectivity index (χ4v) is 4.17. The Hall–Kier alpha value is -2.11. The van der Waals surface area contributed by atoms with Crippen LogP contribution < -0.4 is 5.73 Å². The van der Waals surface area contributed by atoms with Crippen molar-refractivity contribution in [2.75, 3.05) is 12.8 Å². The molecule has 3 saturated carbocycles. The number of nitro benzene ring substituents is 1. The quantitative estimate of drug-likeness (QED) is 0.401. The molecule has 2 bridgehead atoms. The number of nitrogen functional groups attached to an aromatic ring is 1. The molecule has 6 nitrogen and oxygen atoms in total. The lowest BCUT2D eigenvalue weighted by atomic mass is 9.52. The number of esters is 1. The molecule has 1 aromatic carbocycles. The highest BCUT2D eigenvalue weighted by molar-refractivity contribution is 5.77. The van der Waals surface area contributed by atoms with Crippen LogP contribution in [0.5, 0.6) is 0 Å². The van der Waals surface area contributed by atoms with E-state index >= 15 is 0 Å². The fourth-order valence-electron chi connectivity index (χ4n) is 4.17. The van der Waals surface area contributed by atoms with E-state index in [4.69, 9.17) is 10.5 Å². The van der Waals surface area contributed by atoms with Crippen molar-refractivity contribution in [3.05, 3.63) is 33.9 Å². The highest BCUT2D eigenvalue weighted by Crippen LogP contribution is 2.58. The third kappa shape index (κ3) is 2.05. The van der Waals surface area contributed by atoms with Gasteiger partial charge in [-0.1, -0.05) is 6.07 Å². The van der Waals surface area contributed by atoms with Crippen molar-refractivity contribution in [2.45, 2.75) is 43.9 Å². The van der Waals surface area contributed by atoms with Crippen LogP contribution in [0.3, 0.4) is 0 Å². The van der Waals surface area contributed by atoms with Crippen molar-refractivity contribution in [1.29, 1.82) is 0 Å². The second kappa shape index (κ2) is 4.97. The zero-order valence-corrected chi connectivity index (χ0v) is 12.6. The van der Waals surface area contributed by atoms with Crippen molar-refractivity contribution < 1.29 is 14.5 Å². The molecule has 1 aromatic rings. The lowest BCUT2D eigenvalue weighted by molar-refractivity contribution is -0.384. The average Bonchev–Trinajstić information content (AvgIpc) is 2.55. The van der Waals surface area contributed by atoms with E-state index in [1.54, 1.807) is 12.1 Å². The van der Waals surface area contributed by atoms with E-state index in [9.17, 15) is 14.9 Å². The van der Waals surface area contributed by atoms with Crippen molar-refractivity contribution >= 4 is 17.3 Å². The van der Waals surface area contributed by atoms with E-state index in [0.717, 1.165) is 44.1 Å². The Balaban J connectivity index is 1.91. The summed E-state index contributed by atoms with van der Waals surface area (Å²) in [6, 6.07) is 5.14. The molecule has 0 saturated heterocycles. The first-order valence-corrected chi connectivity index (χ1v) is 7.55. The van der Waals surface area contributed by atoms with Crippen molar-refractivity contribution in [3.8, 4) is 0 Å². The first-order chi connectivity index (χ1) is 10.4. The second-order valence-corrected chi connectivity index (χ2v) is 6.58. The maximum Gasteiger partial charge on any atom is 0.311 e. The van der Waals surface area contributed by atoms with Crippen molar-refractivity contribution in [2.24, 2.45) is 5.41 Å². The summed E-state index contributed by atoms with van der Waals surface area (Å²) in [5.74, 6) is -0.107. The molecule has 0 atom stereocenters. The Morgan fingerprint density at radius 1 is 1.23 bits per heavy atom. The Kier molecular flexibility index (Phi) is 3.34. The normalized spacial score (nSPS) is 30.0. The molecule has 0 spiro atoms. The van der Waals surface area contributed by atoms with Gasteiger partial charge in [-0.15, -0.1) is 0 Å². The van der Waals surface area contributed by atoms with Gasteiger partial charge in [0, 0.05) is 6.07 Å². The van der Waals surface area contributed by atoms with Gasteiger partial charge in [0.2, 0.25) is 0 Å². The lowest BCUT2D eigenvalue weighted by Crippen LogP contribution is -2.48. The predicted molar refractivity (Wildman–Crippen MR) is 81.3 cm³/mol. The number of nitro groups is 1. The number of nitrogens with two attached hydrogens (primary N) is 1. The summed E-state index contributed by atoms with van der Waals surface area (Å²) in [5.41, 5.74) is 6.44.